The summed E-state index contributed by atoms with van der Waals surface area (Å²) in [5, 5.41) is 0. The van der Waals surface area contributed by atoms with Crippen molar-refractivity contribution < 1.29 is 8.42 Å². The van der Waals surface area contributed by atoms with Crippen LogP contribution in [-0.4, -0.2) is 44.9 Å². The lowest BCUT2D eigenvalue weighted by atomic mass is 9.76. The summed E-state index contributed by atoms with van der Waals surface area (Å²) in [4.78, 5) is 2.09. The molecule has 0 atom stereocenters. The van der Waals surface area contributed by atoms with Crippen LogP contribution in [0.15, 0.2) is 23.9 Å². The van der Waals surface area contributed by atoms with E-state index in [2.05, 4.69) is 9.62 Å². The average Bonchev–Trinajstić information content (AvgIpc) is 2.27. The van der Waals surface area contributed by atoms with Crippen LogP contribution < -0.4 is 16.2 Å². The number of sulfonamides is 1. The first-order chi connectivity index (χ1) is 8.98. The minimum absolute atomic E-state index is 0.366. The summed E-state index contributed by atoms with van der Waals surface area (Å²) >= 11 is 0. The van der Waals surface area contributed by atoms with Crippen LogP contribution in [0.25, 0.3) is 0 Å². The number of hydrogen-bond acceptors (Lipinski definition) is 5. The van der Waals surface area contributed by atoms with E-state index in [-0.39, 0.29) is 5.41 Å². The van der Waals surface area contributed by atoms with Gasteiger partial charge in [0.05, 0.1) is 11.9 Å². The molecule has 0 saturated heterocycles. The van der Waals surface area contributed by atoms with Crippen LogP contribution in [0, 0.1) is 5.41 Å². The molecule has 0 amide bonds. The SMILES string of the molecule is CCN(CCNS(C)(=O)=O)C1=CC(C)(C)C(N)(N)C=C1. The Morgan fingerprint density at radius 1 is 1.35 bits per heavy atom. The lowest BCUT2D eigenvalue weighted by molar-refractivity contribution is 0.271. The summed E-state index contributed by atoms with van der Waals surface area (Å²) in [5.41, 5.74) is 11.9. The van der Waals surface area contributed by atoms with Gasteiger partial charge >= 0.3 is 0 Å². The highest BCUT2D eigenvalue weighted by Crippen LogP contribution is 2.33. The van der Waals surface area contributed by atoms with Crippen molar-refractivity contribution in [2.24, 2.45) is 16.9 Å². The predicted octanol–water partition coefficient (Wildman–Crippen LogP) is -0.0489. The molecule has 0 heterocycles. The van der Waals surface area contributed by atoms with E-state index >= 15 is 0 Å². The first kappa shape index (κ1) is 17.2. The largest absolute Gasteiger partial charge is 0.371 e. The molecule has 0 unspecified atom stereocenters. The van der Waals surface area contributed by atoms with Gasteiger partial charge in [0.1, 0.15) is 0 Å². The molecule has 7 heteroatoms. The molecule has 20 heavy (non-hydrogen) atoms. The van der Waals surface area contributed by atoms with Gasteiger partial charge in [-0.25, -0.2) is 13.1 Å². The Kier molecular flexibility index (Phi) is 5.02. The molecule has 0 bridgehead atoms. The number of hydrogen-bond donors (Lipinski definition) is 3. The fraction of sp³-hybridized carbons (Fsp3) is 0.692. The van der Waals surface area contributed by atoms with Crippen LogP contribution in [0.3, 0.4) is 0 Å². The molecule has 1 aliphatic carbocycles. The van der Waals surface area contributed by atoms with E-state index in [1.807, 2.05) is 32.9 Å². The van der Waals surface area contributed by atoms with Crippen LogP contribution in [0.4, 0.5) is 0 Å². The molecule has 0 aromatic heterocycles. The molecule has 1 rings (SSSR count). The molecule has 0 aromatic rings. The molecule has 0 fully saturated rings. The quantitative estimate of drug-likeness (QED) is 0.597. The molecule has 0 saturated carbocycles. The number of nitrogens with zero attached hydrogens (tertiary/aromatic N) is 1. The van der Waals surface area contributed by atoms with Crippen molar-refractivity contribution in [2.75, 3.05) is 25.9 Å². The Labute approximate surface area is 121 Å². The number of likely N-dealkylation sites (N-methyl/N-ethyl adjacent to an activating group) is 1. The maximum absolute atomic E-state index is 11.1. The highest BCUT2D eigenvalue weighted by atomic mass is 32.2. The van der Waals surface area contributed by atoms with Gasteiger partial charge in [0.25, 0.3) is 0 Å². The van der Waals surface area contributed by atoms with E-state index in [1.54, 1.807) is 6.08 Å². The molecule has 0 radical (unpaired) electrons. The molecule has 6 nitrogen and oxygen atoms in total. The molecule has 0 spiro atoms. The summed E-state index contributed by atoms with van der Waals surface area (Å²) in [7, 11) is -3.15. The van der Waals surface area contributed by atoms with Crippen molar-refractivity contribution in [3.8, 4) is 0 Å². The van der Waals surface area contributed by atoms with Gasteiger partial charge in [-0.1, -0.05) is 19.9 Å². The van der Waals surface area contributed by atoms with E-state index in [1.165, 1.54) is 0 Å². The van der Waals surface area contributed by atoms with E-state index in [0.717, 1.165) is 18.5 Å². The average molecular weight is 302 g/mol. The fourth-order valence-electron chi connectivity index (χ4n) is 2.01. The lowest BCUT2D eigenvalue weighted by Gasteiger charge is -2.41. The standard InChI is InChI=1S/C13H26N4O2S/c1-5-17(9-8-16-20(4,18)19)11-6-7-13(14,15)12(2,3)10-11/h6-7,10,16H,5,8-9,14-15H2,1-4H3. The summed E-state index contributed by atoms with van der Waals surface area (Å²) in [6.07, 6.45) is 6.89. The topological polar surface area (TPSA) is 101 Å². The van der Waals surface area contributed by atoms with Crippen molar-refractivity contribution in [3.05, 3.63) is 23.9 Å². The second kappa shape index (κ2) is 5.85. The van der Waals surface area contributed by atoms with Crippen molar-refractivity contribution in [1.29, 1.82) is 0 Å². The van der Waals surface area contributed by atoms with Crippen LogP contribution >= 0.6 is 0 Å². The lowest BCUT2D eigenvalue weighted by Crippen LogP contribution is -2.59. The summed E-state index contributed by atoms with van der Waals surface area (Å²) in [5.74, 6) is 0. The van der Waals surface area contributed by atoms with Crippen molar-refractivity contribution >= 4 is 10.0 Å². The van der Waals surface area contributed by atoms with Crippen molar-refractivity contribution in [1.82, 2.24) is 9.62 Å². The molecular formula is C13H26N4O2S. The molecule has 116 valence electrons. The van der Waals surface area contributed by atoms with Crippen LogP contribution in [-0.2, 0) is 10.0 Å². The number of nitrogens with one attached hydrogen (secondary N) is 1. The van der Waals surface area contributed by atoms with Gasteiger partial charge in [-0.3, -0.25) is 0 Å². The van der Waals surface area contributed by atoms with Crippen LogP contribution in [0.5, 0.6) is 0 Å². The van der Waals surface area contributed by atoms with E-state index in [4.69, 9.17) is 11.5 Å². The van der Waals surface area contributed by atoms with Gasteiger partial charge in [0.2, 0.25) is 10.0 Å². The molecule has 5 N–H and O–H groups in total. The number of nitrogens with two attached hydrogens (primary N) is 2. The third kappa shape index (κ3) is 4.31. The zero-order chi connectivity index (χ0) is 15.6. The van der Waals surface area contributed by atoms with Gasteiger partial charge < -0.3 is 16.4 Å². The number of rotatable bonds is 6. The highest BCUT2D eigenvalue weighted by Gasteiger charge is 2.37. The zero-order valence-electron chi connectivity index (χ0n) is 12.7. The Morgan fingerprint density at radius 3 is 2.40 bits per heavy atom. The summed E-state index contributed by atoms with van der Waals surface area (Å²) in [6.45, 7) is 7.74. The van der Waals surface area contributed by atoms with Crippen molar-refractivity contribution in [3.63, 3.8) is 0 Å². The number of allylic oxidation sites excluding steroid dienone is 1. The summed E-state index contributed by atoms with van der Waals surface area (Å²) in [6, 6.07) is 0. The molecule has 1 aliphatic rings. The minimum atomic E-state index is -3.15. The second-order valence-electron chi connectivity index (χ2n) is 5.80. The monoisotopic (exact) mass is 302 g/mol. The normalized spacial score (nSPS) is 20.6. The summed E-state index contributed by atoms with van der Waals surface area (Å²) < 4.78 is 24.6. The Balaban J connectivity index is 2.77. The van der Waals surface area contributed by atoms with Crippen LogP contribution in [0.2, 0.25) is 0 Å². The van der Waals surface area contributed by atoms with Gasteiger partial charge in [-0.15, -0.1) is 0 Å². The first-order valence-corrected chi connectivity index (χ1v) is 8.57. The van der Waals surface area contributed by atoms with Crippen LogP contribution in [0.1, 0.15) is 20.8 Å². The van der Waals surface area contributed by atoms with E-state index < -0.39 is 15.7 Å². The maximum atomic E-state index is 11.1. The Morgan fingerprint density at radius 2 is 1.95 bits per heavy atom. The fourth-order valence-corrected chi connectivity index (χ4v) is 2.48. The predicted molar refractivity (Wildman–Crippen MR) is 82.2 cm³/mol. The third-order valence-electron chi connectivity index (χ3n) is 3.65. The van der Waals surface area contributed by atoms with Crippen molar-refractivity contribution in [2.45, 2.75) is 26.4 Å². The zero-order valence-corrected chi connectivity index (χ0v) is 13.5. The first-order valence-electron chi connectivity index (χ1n) is 6.68. The highest BCUT2D eigenvalue weighted by molar-refractivity contribution is 7.88. The minimum Gasteiger partial charge on any atom is -0.371 e. The smallest absolute Gasteiger partial charge is 0.208 e. The maximum Gasteiger partial charge on any atom is 0.208 e. The van der Waals surface area contributed by atoms with Gasteiger partial charge in [0.15, 0.2) is 0 Å². The van der Waals surface area contributed by atoms with E-state index in [0.29, 0.717) is 13.1 Å². The second-order valence-corrected chi connectivity index (χ2v) is 7.64. The van der Waals surface area contributed by atoms with Gasteiger partial charge in [0, 0.05) is 30.7 Å². The molecular weight excluding hydrogens is 276 g/mol. The molecule has 0 aromatic carbocycles. The third-order valence-corrected chi connectivity index (χ3v) is 4.38. The Hall–Kier alpha value is -0.890. The van der Waals surface area contributed by atoms with Gasteiger partial charge in [-0.05, 0) is 19.1 Å². The van der Waals surface area contributed by atoms with Gasteiger partial charge in [-0.2, -0.15) is 0 Å². The van der Waals surface area contributed by atoms with E-state index in [9.17, 15) is 8.42 Å². The Bertz CT molecular complexity index is 506. The molecule has 0 aliphatic heterocycles.